The summed E-state index contributed by atoms with van der Waals surface area (Å²) in [6.07, 6.45) is -0.728. The molecule has 0 bridgehead atoms. The predicted molar refractivity (Wildman–Crippen MR) is 92.1 cm³/mol. The molecule has 2 aromatic rings. The number of nitrogens with one attached hydrogen (secondary N) is 1. The Balaban J connectivity index is 1.37. The maximum Gasteiger partial charge on any atom is 0.368 e. The minimum atomic E-state index is -0.728. The lowest BCUT2D eigenvalue weighted by molar-refractivity contribution is 0.105. The van der Waals surface area contributed by atoms with Gasteiger partial charge in [0.15, 0.2) is 0 Å². The number of aromatic hydroxyl groups is 1. The number of rotatable bonds is 9. The van der Waals surface area contributed by atoms with Gasteiger partial charge in [0.25, 0.3) is 0 Å². The molecule has 26 heavy (non-hydrogen) atoms. The summed E-state index contributed by atoms with van der Waals surface area (Å²) in [7, 11) is 0. The van der Waals surface area contributed by atoms with Gasteiger partial charge in [-0.05, 0) is 36.4 Å². The number of fused-ring (bicyclic) bond motifs is 1. The van der Waals surface area contributed by atoms with Crippen molar-refractivity contribution in [2.24, 2.45) is 9.98 Å². The monoisotopic (exact) mass is 357 g/mol. The molecule has 1 aliphatic heterocycles. The van der Waals surface area contributed by atoms with Crippen LogP contribution in [0.25, 0.3) is 0 Å². The first kappa shape index (κ1) is 17.8. The van der Waals surface area contributed by atoms with Crippen LogP contribution in [0.2, 0.25) is 0 Å². The van der Waals surface area contributed by atoms with Crippen molar-refractivity contribution in [1.82, 2.24) is 5.32 Å². The van der Waals surface area contributed by atoms with E-state index in [0.717, 1.165) is 0 Å². The molecule has 0 spiro atoms. The van der Waals surface area contributed by atoms with Crippen LogP contribution < -0.4 is 25.5 Å². The SMILES string of the molecule is O=C1N=c2cccc(OCC(O)CNCCOc3ccc(O)cc3)c2=N1. The average Bonchev–Trinajstić information content (AvgIpc) is 3.02. The maximum atomic E-state index is 11.2. The Morgan fingerprint density at radius 1 is 1.08 bits per heavy atom. The van der Waals surface area contributed by atoms with Crippen LogP contribution in [0.15, 0.2) is 52.4 Å². The number of para-hydroxylation sites is 1. The molecule has 1 atom stereocenters. The third kappa shape index (κ3) is 4.78. The van der Waals surface area contributed by atoms with Crippen molar-refractivity contribution in [1.29, 1.82) is 0 Å². The molecule has 0 aliphatic carbocycles. The molecule has 0 fully saturated rings. The van der Waals surface area contributed by atoms with Crippen LogP contribution in [0.5, 0.6) is 17.2 Å². The van der Waals surface area contributed by atoms with E-state index in [1.807, 2.05) is 0 Å². The molecule has 1 unspecified atom stereocenters. The van der Waals surface area contributed by atoms with Crippen LogP contribution in [0.4, 0.5) is 4.79 Å². The van der Waals surface area contributed by atoms with Crippen LogP contribution >= 0.6 is 0 Å². The van der Waals surface area contributed by atoms with Gasteiger partial charge >= 0.3 is 6.03 Å². The number of phenolic OH excluding ortho intramolecular Hbond substituents is 1. The van der Waals surface area contributed by atoms with Gasteiger partial charge < -0.3 is 25.0 Å². The van der Waals surface area contributed by atoms with Crippen LogP contribution in [0, 0.1) is 0 Å². The Bertz CT molecular complexity index is 883. The molecular weight excluding hydrogens is 338 g/mol. The zero-order valence-electron chi connectivity index (χ0n) is 14.0. The minimum absolute atomic E-state index is 0.0615. The van der Waals surface area contributed by atoms with Gasteiger partial charge in [-0.3, -0.25) is 0 Å². The fraction of sp³-hybridized carbons (Fsp3) is 0.278. The van der Waals surface area contributed by atoms with E-state index < -0.39 is 12.1 Å². The second-order valence-electron chi connectivity index (χ2n) is 5.64. The number of hydrogen-bond acceptors (Lipinski definition) is 6. The zero-order valence-corrected chi connectivity index (χ0v) is 14.0. The number of amides is 2. The average molecular weight is 357 g/mol. The van der Waals surface area contributed by atoms with Gasteiger partial charge in [0.1, 0.15) is 41.9 Å². The van der Waals surface area contributed by atoms with Gasteiger partial charge in [-0.15, -0.1) is 0 Å². The van der Waals surface area contributed by atoms with Crippen molar-refractivity contribution in [3.63, 3.8) is 0 Å². The van der Waals surface area contributed by atoms with Gasteiger partial charge in [0, 0.05) is 13.1 Å². The van der Waals surface area contributed by atoms with Gasteiger partial charge in [-0.2, -0.15) is 9.98 Å². The summed E-state index contributed by atoms with van der Waals surface area (Å²) in [5, 5.41) is 23.1. The molecular formula is C18H19N3O5. The van der Waals surface area contributed by atoms with Gasteiger partial charge in [0.05, 0.1) is 5.36 Å². The number of aliphatic hydroxyl groups excluding tert-OH is 1. The topological polar surface area (TPSA) is 113 Å². The highest BCUT2D eigenvalue weighted by atomic mass is 16.5. The lowest BCUT2D eigenvalue weighted by Gasteiger charge is -2.13. The number of aliphatic hydroxyl groups is 1. The molecule has 2 aromatic carbocycles. The molecule has 0 saturated carbocycles. The number of nitrogens with zero attached hydrogens (tertiary/aromatic N) is 2. The molecule has 136 valence electrons. The highest BCUT2D eigenvalue weighted by Crippen LogP contribution is 2.15. The summed E-state index contributed by atoms with van der Waals surface area (Å²) in [4.78, 5) is 18.8. The van der Waals surface area contributed by atoms with Gasteiger partial charge in [-0.1, -0.05) is 6.07 Å². The summed E-state index contributed by atoms with van der Waals surface area (Å²) in [5.74, 6) is 1.27. The van der Waals surface area contributed by atoms with Crippen LogP contribution in [-0.4, -0.2) is 48.7 Å². The summed E-state index contributed by atoms with van der Waals surface area (Å²) in [5.41, 5.74) is 0. The molecule has 3 rings (SSSR count). The number of benzene rings is 2. The lowest BCUT2D eigenvalue weighted by Crippen LogP contribution is -2.34. The first-order valence-corrected chi connectivity index (χ1v) is 8.15. The molecule has 0 radical (unpaired) electrons. The molecule has 8 heteroatoms. The molecule has 2 amide bonds. The van der Waals surface area contributed by atoms with E-state index in [1.165, 1.54) is 0 Å². The number of hydrogen-bond donors (Lipinski definition) is 3. The van der Waals surface area contributed by atoms with Crippen LogP contribution in [0.1, 0.15) is 0 Å². The number of phenols is 1. The normalized spacial score (nSPS) is 13.5. The highest BCUT2D eigenvalue weighted by molar-refractivity contribution is 5.77. The van der Waals surface area contributed by atoms with Crippen LogP contribution in [-0.2, 0) is 0 Å². The molecule has 3 N–H and O–H groups in total. The quantitative estimate of drug-likeness (QED) is 0.552. The lowest BCUT2D eigenvalue weighted by atomic mass is 10.3. The fourth-order valence-electron chi connectivity index (χ4n) is 2.35. The van der Waals surface area contributed by atoms with E-state index in [2.05, 4.69) is 15.3 Å². The Morgan fingerprint density at radius 2 is 1.88 bits per heavy atom. The summed E-state index contributed by atoms with van der Waals surface area (Å²) >= 11 is 0. The summed E-state index contributed by atoms with van der Waals surface area (Å²) in [6, 6.07) is 11.0. The standard InChI is InChI=1S/C18H19N3O5/c22-12-4-6-14(7-5-12)25-9-8-19-10-13(23)11-26-16-3-1-2-15-17(16)21-18(24)20-15/h1-7,13,19,22-23H,8-11H2. The van der Waals surface area contributed by atoms with Gasteiger partial charge in [-0.25, -0.2) is 4.79 Å². The summed E-state index contributed by atoms with van der Waals surface area (Å²) < 4.78 is 11.0. The smallest absolute Gasteiger partial charge is 0.368 e. The van der Waals surface area contributed by atoms with Crippen LogP contribution in [0.3, 0.4) is 0 Å². The number of urea groups is 1. The van der Waals surface area contributed by atoms with Gasteiger partial charge in [0.2, 0.25) is 0 Å². The highest BCUT2D eigenvalue weighted by Gasteiger charge is 2.11. The second kappa shape index (κ2) is 8.41. The van der Waals surface area contributed by atoms with Crippen molar-refractivity contribution in [2.75, 3.05) is 26.3 Å². The largest absolute Gasteiger partial charge is 0.508 e. The predicted octanol–water partition coefficient (Wildman–Crippen LogP) is 0.173. The van der Waals surface area contributed by atoms with E-state index in [0.29, 0.717) is 41.9 Å². The van der Waals surface area contributed by atoms with E-state index >= 15 is 0 Å². The molecule has 1 aliphatic rings. The second-order valence-corrected chi connectivity index (χ2v) is 5.64. The van der Waals surface area contributed by atoms with E-state index in [1.54, 1.807) is 42.5 Å². The molecule has 0 saturated heterocycles. The first-order chi connectivity index (χ1) is 12.6. The number of carbonyl (C=O) groups excluding carboxylic acids is 1. The molecule has 0 aromatic heterocycles. The Kier molecular flexibility index (Phi) is 5.77. The summed E-state index contributed by atoms with van der Waals surface area (Å²) in [6.45, 7) is 1.36. The number of carbonyl (C=O) groups is 1. The molecule has 8 nitrogen and oxygen atoms in total. The van der Waals surface area contributed by atoms with Crippen molar-refractivity contribution in [3.8, 4) is 17.2 Å². The molecule has 1 heterocycles. The van der Waals surface area contributed by atoms with E-state index in [4.69, 9.17) is 9.47 Å². The van der Waals surface area contributed by atoms with Crippen molar-refractivity contribution < 1.29 is 24.5 Å². The van der Waals surface area contributed by atoms with E-state index in [-0.39, 0.29) is 12.4 Å². The fourth-order valence-corrected chi connectivity index (χ4v) is 2.35. The van der Waals surface area contributed by atoms with Crippen molar-refractivity contribution >= 4 is 6.03 Å². The van der Waals surface area contributed by atoms with Crippen molar-refractivity contribution in [3.05, 3.63) is 53.2 Å². The maximum absolute atomic E-state index is 11.2. The Labute approximate surface area is 149 Å². The third-order valence-corrected chi connectivity index (χ3v) is 3.60. The first-order valence-electron chi connectivity index (χ1n) is 8.15. The third-order valence-electron chi connectivity index (χ3n) is 3.60. The van der Waals surface area contributed by atoms with E-state index in [9.17, 15) is 15.0 Å². The Morgan fingerprint density at radius 3 is 2.69 bits per heavy atom. The minimum Gasteiger partial charge on any atom is -0.508 e. The zero-order chi connectivity index (χ0) is 18.4. The van der Waals surface area contributed by atoms with Crippen molar-refractivity contribution in [2.45, 2.75) is 6.10 Å². The number of ether oxygens (including phenoxy) is 2. The Hall–Kier alpha value is -2.97.